The topological polar surface area (TPSA) is 61.0 Å². The molecule has 5 nitrogen and oxygen atoms in total. The van der Waals surface area contributed by atoms with Crippen LogP contribution < -0.4 is 5.32 Å². The van der Waals surface area contributed by atoms with E-state index in [1.54, 1.807) is 24.1 Å². The number of likely N-dealkylation sites (N-methyl/N-ethyl adjacent to an activating group) is 1. The van der Waals surface area contributed by atoms with E-state index in [0.29, 0.717) is 11.3 Å². The van der Waals surface area contributed by atoms with Crippen LogP contribution >= 0.6 is 12.4 Å². The molecule has 118 valence electrons. The van der Waals surface area contributed by atoms with Crippen molar-refractivity contribution in [3.05, 3.63) is 41.8 Å². The number of carbonyl (C=O) groups excluding carboxylic acids is 1. The third-order valence-corrected chi connectivity index (χ3v) is 3.91. The first kappa shape index (κ1) is 16.5. The summed E-state index contributed by atoms with van der Waals surface area (Å²) in [5.41, 5.74) is 1.88. The molecule has 1 atom stereocenters. The second-order valence-corrected chi connectivity index (χ2v) is 5.23. The summed E-state index contributed by atoms with van der Waals surface area (Å²) in [7, 11) is 1.81. The van der Waals surface area contributed by atoms with Crippen LogP contribution in [0.4, 0.5) is 4.39 Å². The van der Waals surface area contributed by atoms with E-state index in [2.05, 4.69) is 15.5 Å². The van der Waals surface area contributed by atoms with E-state index >= 15 is 0 Å². The first-order valence-electron chi connectivity index (χ1n) is 6.94. The van der Waals surface area contributed by atoms with Crippen LogP contribution in [0.5, 0.6) is 0 Å². The van der Waals surface area contributed by atoms with Crippen LogP contribution in [0.2, 0.25) is 0 Å². The van der Waals surface area contributed by atoms with Crippen molar-refractivity contribution in [1.29, 1.82) is 0 Å². The molecule has 3 rings (SSSR count). The second kappa shape index (κ2) is 6.89. The number of benzene rings is 1. The highest BCUT2D eigenvalue weighted by molar-refractivity contribution is 5.99. The summed E-state index contributed by atoms with van der Waals surface area (Å²) in [6.07, 6.45) is 2.48. The minimum atomic E-state index is -0.305. The lowest BCUT2D eigenvalue weighted by atomic mass is 10.1. The number of amides is 1. The fourth-order valence-corrected chi connectivity index (χ4v) is 2.61. The number of hydrogen-bond acceptors (Lipinski definition) is 3. The number of aromatic nitrogens is 2. The molecule has 0 spiro atoms. The molecular formula is C15H18ClFN4O. The molecule has 0 bridgehead atoms. The quantitative estimate of drug-likeness (QED) is 0.908. The van der Waals surface area contributed by atoms with Crippen molar-refractivity contribution in [2.24, 2.45) is 0 Å². The highest BCUT2D eigenvalue weighted by atomic mass is 35.5. The Hall–Kier alpha value is -1.92. The van der Waals surface area contributed by atoms with Crippen molar-refractivity contribution >= 4 is 18.3 Å². The molecule has 1 aromatic carbocycles. The van der Waals surface area contributed by atoms with Gasteiger partial charge in [-0.05, 0) is 37.2 Å². The molecule has 1 amide bonds. The maximum absolute atomic E-state index is 13.0. The van der Waals surface area contributed by atoms with Crippen LogP contribution in [0.15, 0.2) is 30.5 Å². The Morgan fingerprint density at radius 1 is 1.36 bits per heavy atom. The molecule has 0 aliphatic carbocycles. The average Bonchev–Trinajstić information content (AvgIpc) is 3.17. The van der Waals surface area contributed by atoms with Crippen molar-refractivity contribution in [2.75, 3.05) is 20.1 Å². The number of aromatic amines is 1. The monoisotopic (exact) mass is 324 g/mol. The molecule has 1 aliphatic rings. The minimum Gasteiger partial charge on any atom is -0.337 e. The second-order valence-electron chi connectivity index (χ2n) is 5.23. The smallest absolute Gasteiger partial charge is 0.257 e. The number of rotatable bonds is 3. The number of H-pyrrole nitrogens is 1. The van der Waals surface area contributed by atoms with Crippen LogP contribution in [0.25, 0.3) is 11.3 Å². The van der Waals surface area contributed by atoms with Gasteiger partial charge in [-0.15, -0.1) is 12.4 Å². The van der Waals surface area contributed by atoms with Gasteiger partial charge in [-0.2, -0.15) is 5.10 Å². The molecule has 0 saturated carbocycles. The first-order chi connectivity index (χ1) is 10.2. The predicted molar refractivity (Wildman–Crippen MR) is 84.6 cm³/mol. The minimum absolute atomic E-state index is 0. The SMILES string of the molecule is CN(C(=O)c1cn[nH]c1-c1ccc(F)cc1)C1CCNC1.Cl. The Labute approximate surface area is 134 Å². The number of nitrogens with one attached hydrogen (secondary N) is 2. The molecule has 2 heterocycles. The summed E-state index contributed by atoms with van der Waals surface area (Å²) >= 11 is 0. The molecule has 7 heteroatoms. The van der Waals surface area contributed by atoms with Gasteiger partial charge in [0.25, 0.3) is 5.91 Å². The van der Waals surface area contributed by atoms with Crippen LogP contribution in [0, 0.1) is 5.82 Å². The Kier molecular flexibility index (Phi) is 5.15. The molecule has 1 aromatic heterocycles. The lowest BCUT2D eigenvalue weighted by Gasteiger charge is -2.23. The van der Waals surface area contributed by atoms with Crippen LogP contribution in [-0.2, 0) is 0 Å². The van der Waals surface area contributed by atoms with E-state index < -0.39 is 0 Å². The van der Waals surface area contributed by atoms with Crippen molar-refractivity contribution in [2.45, 2.75) is 12.5 Å². The predicted octanol–water partition coefficient (Wildman–Crippen LogP) is 2.07. The molecule has 1 aliphatic heterocycles. The van der Waals surface area contributed by atoms with E-state index in [1.165, 1.54) is 18.3 Å². The van der Waals surface area contributed by atoms with E-state index in [1.807, 2.05) is 0 Å². The number of halogens is 2. The summed E-state index contributed by atoms with van der Waals surface area (Å²) in [6.45, 7) is 1.74. The third kappa shape index (κ3) is 3.13. The Morgan fingerprint density at radius 3 is 2.73 bits per heavy atom. The number of hydrogen-bond donors (Lipinski definition) is 2. The Morgan fingerprint density at radius 2 is 2.09 bits per heavy atom. The molecule has 2 N–H and O–H groups in total. The summed E-state index contributed by atoms with van der Waals surface area (Å²) in [5.74, 6) is -0.378. The zero-order chi connectivity index (χ0) is 14.8. The third-order valence-electron chi connectivity index (χ3n) is 3.91. The molecule has 2 aromatic rings. The van der Waals surface area contributed by atoms with Gasteiger partial charge < -0.3 is 10.2 Å². The highest BCUT2D eigenvalue weighted by Crippen LogP contribution is 2.23. The van der Waals surface area contributed by atoms with E-state index in [9.17, 15) is 9.18 Å². The Bertz CT molecular complexity index is 637. The van der Waals surface area contributed by atoms with E-state index in [0.717, 1.165) is 25.1 Å². The van der Waals surface area contributed by atoms with Gasteiger partial charge in [-0.3, -0.25) is 9.89 Å². The standard InChI is InChI=1S/C15H17FN4O.ClH/c1-20(12-6-7-17-8-12)15(21)13-9-18-19-14(13)10-2-4-11(16)5-3-10;/h2-5,9,12,17H,6-8H2,1H3,(H,18,19);1H. The summed E-state index contributed by atoms with van der Waals surface area (Å²) in [6, 6.07) is 6.21. The number of carbonyl (C=O) groups is 1. The van der Waals surface area contributed by atoms with E-state index in [4.69, 9.17) is 0 Å². The molecule has 1 unspecified atom stereocenters. The van der Waals surface area contributed by atoms with Gasteiger partial charge in [0.15, 0.2) is 0 Å². The molecule has 1 fully saturated rings. The van der Waals surface area contributed by atoms with Crippen molar-refractivity contribution < 1.29 is 9.18 Å². The summed E-state index contributed by atoms with van der Waals surface area (Å²) in [4.78, 5) is 14.4. The zero-order valence-corrected chi connectivity index (χ0v) is 13.0. The van der Waals surface area contributed by atoms with Gasteiger partial charge in [-0.1, -0.05) is 0 Å². The average molecular weight is 325 g/mol. The largest absolute Gasteiger partial charge is 0.337 e. The van der Waals surface area contributed by atoms with Crippen LogP contribution in [0.3, 0.4) is 0 Å². The van der Waals surface area contributed by atoms with Gasteiger partial charge >= 0.3 is 0 Å². The molecular weight excluding hydrogens is 307 g/mol. The van der Waals surface area contributed by atoms with Crippen LogP contribution in [-0.4, -0.2) is 47.2 Å². The van der Waals surface area contributed by atoms with Gasteiger partial charge in [-0.25, -0.2) is 4.39 Å². The Balaban J connectivity index is 0.00000176. The lowest BCUT2D eigenvalue weighted by molar-refractivity contribution is 0.0744. The van der Waals surface area contributed by atoms with Gasteiger partial charge in [0.2, 0.25) is 0 Å². The van der Waals surface area contributed by atoms with Crippen molar-refractivity contribution in [3.8, 4) is 11.3 Å². The first-order valence-corrected chi connectivity index (χ1v) is 6.94. The zero-order valence-electron chi connectivity index (χ0n) is 12.2. The van der Waals surface area contributed by atoms with Gasteiger partial charge in [0.05, 0.1) is 17.5 Å². The maximum Gasteiger partial charge on any atom is 0.257 e. The molecule has 1 saturated heterocycles. The summed E-state index contributed by atoms with van der Waals surface area (Å²) in [5, 5.41) is 10.0. The van der Waals surface area contributed by atoms with Gasteiger partial charge in [0.1, 0.15) is 5.82 Å². The fourth-order valence-electron chi connectivity index (χ4n) is 2.61. The number of nitrogens with zero attached hydrogens (tertiary/aromatic N) is 2. The van der Waals surface area contributed by atoms with E-state index in [-0.39, 0.29) is 30.2 Å². The molecule has 22 heavy (non-hydrogen) atoms. The highest BCUT2D eigenvalue weighted by Gasteiger charge is 2.26. The summed E-state index contributed by atoms with van der Waals surface area (Å²) < 4.78 is 13.0. The lowest BCUT2D eigenvalue weighted by Crippen LogP contribution is -2.38. The normalized spacial score (nSPS) is 17.1. The van der Waals surface area contributed by atoms with Crippen molar-refractivity contribution in [3.63, 3.8) is 0 Å². The fraction of sp³-hybridized carbons (Fsp3) is 0.333. The van der Waals surface area contributed by atoms with Gasteiger partial charge in [0, 0.05) is 25.2 Å². The van der Waals surface area contributed by atoms with Crippen molar-refractivity contribution in [1.82, 2.24) is 20.4 Å². The van der Waals surface area contributed by atoms with Crippen LogP contribution in [0.1, 0.15) is 16.8 Å². The molecule has 0 radical (unpaired) electrons. The maximum atomic E-state index is 13.0.